The van der Waals surface area contributed by atoms with Crippen LogP contribution in [0.3, 0.4) is 0 Å². The molecule has 0 amide bonds. The smallest absolute Gasteiger partial charge is 0.163 e. The van der Waals surface area contributed by atoms with E-state index in [2.05, 4.69) is 15.1 Å². The molecule has 2 aromatic rings. The topological polar surface area (TPSA) is 41.6 Å². The van der Waals surface area contributed by atoms with Gasteiger partial charge in [-0.15, -0.1) is 0 Å². The van der Waals surface area contributed by atoms with Gasteiger partial charge in [0.2, 0.25) is 0 Å². The molecule has 0 spiro atoms. The van der Waals surface area contributed by atoms with E-state index in [0.29, 0.717) is 0 Å². The van der Waals surface area contributed by atoms with Crippen molar-refractivity contribution < 1.29 is 0 Å². The fourth-order valence-electron chi connectivity index (χ4n) is 2.65. The number of nitrogens with two attached hydrogens (primary N) is 1. The number of hydrogen-bond acceptors (Lipinski definition) is 4. The molecule has 0 aliphatic heterocycles. The maximum absolute atomic E-state index is 6.67. The SMILES string of the molecule is CN(C)[C@H](c1ccccc1)[C@](N)(N=C=S)c1ccccc1. The summed E-state index contributed by atoms with van der Waals surface area (Å²) < 4.78 is 0. The molecule has 3 nitrogen and oxygen atoms in total. The van der Waals surface area contributed by atoms with Crippen molar-refractivity contribution in [2.45, 2.75) is 11.7 Å². The molecule has 0 aromatic heterocycles. The predicted octanol–water partition coefficient (Wildman–Crippen LogP) is 3.20. The molecule has 2 atom stereocenters. The van der Waals surface area contributed by atoms with Crippen molar-refractivity contribution in [1.29, 1.82) is 0 Å². The van der Waals surface area contributed by atoms with Crippen LogP contribution in [-0.2, 0) is 5.66 Å². The highest BCUT2D eigenvalue weighted by Gasteiger charge is 2.39. The lowest BCUT2D eigenvalue weighted by molar-refractivity contribution is 0.184. The minimum absolute atomic E-state index is 0.142. The number of isothiocyanates is 1. The largest absolute Gasteiger partial charge is 0.301 e. The standard InChI is InChI=1S/C17H19N3S/c1-20(2)16(14-9-5-3-6-10-14)17(18,19-13-21)15-11-7-4-8-12-15/h3-12,16H,18H2,1-2H3/t16-,17-/m1/s1. The van der Waals surface area contributed by atoms with E-state index >= 15 is 0 Å². The zero-order valence-corrected chi connectivity index (χ0v) is 13.0. The average molecular weight is 297 g/mol. The van der Waals surface area contributed by atoms with Crippen LogP contribution in [0, 0.1) is 0 Å². The van der Waals surface area contributed by atoms with Gasteiger partial charge < -0.3 is 5.73 Å². The first-order valence-corrected chi connectivity index (χ1v) is 7.15. The van der Waals surface area contributed by atoms with Crippen molar-refractivity contribution >= 4 is 17.4 Å². The minimum Gasteiger partial charge on any atom is -0.301 e. The third kappa shape index (κ3) is 3.26. The van der Waals surface area contributed by atoms with Crippen LogP contribution in [0.2, 0.25) is 0 Å². The number of benzene rings is 2. The van der Waals surface area contributed by atoms with Crippen molar-refractivity contribution in [3.63, 3.8) is 0 Å². The van der Waals surface area contributed by atoms with Gasteiger partial charge in [-0.25, -0.2) is 4.99 Å². The summed E-state index contributed by atoms with van der Waals surface area (Å²) in [5, 5.41) is 2.47. The van der Waals surface area contributed by atoms with Gasteiger partial charge in [0, 0.05) is 0 Å². The number of rotatable bonds is 5. The van der Waals surface area contributed by atoms with E-state index in [4.69, 9.17) is 18.0 Å². The van der Waals surface area contributed by atoms with Crippen LogP contribution in [0.15, 0.2) is 65.7 Å². The van der Waals surface area contributed by atoms with E-state index < -0.39 is 5.66 Å². The van der Waals surface area contributed by atoms with Crippen molar-refractivity contribution in [1.82, 2.24) is 4.90 Å². The van der Waals surface area contributed by atoms with Crippen LogP contribution in [0.5, 0.6) is 0 Å². The lowest BCUT2D eigenvalue weighted by atomic mass is 9.87. The Labute approximate surface area is 131 Å². The van der Waals surface area contributed by atoms with Crippen molar-refractivity contribution in [3.8, 4) is 0 Å². The highest BCUT2D eigenvalue weighted by molar-refractivity contribution is 7.78. The number of thiocarbonyl (C=S) groups is 1. The predicted molar refractivity (Wildman–Crippen MR) is 90.2 cm³/mol. The van der Waals surface area contributed by atoms with Gasteiger partial charge in [0.05, 0.1) is 11.2 Å². The molecule has 0 aliphatic rings. The molecule has 0 bridgehead atoms. The Balaban J connectivity index is 2.61. The summed E-state index contributed by atoms with van der Waals surface area (Å²) >= 11 is 4.84. The highest BCUT2D eigenvalue weighted by atomic mass is 32.1. The molecule has 108 valence electrons. The van der Waals surface area contributed by atoms with Crippen LogP contribution >= 0.6 is 12.2 Å². The molecular weight excluding hydrogens is 278 g/mol. The molecule has 0 fully saturated rings. The fraction of sp³-hybridized carbons (Fsp3) is 0.235. The van der Waals surface area contributed by atoms with Crippen LogP contribution in [0.1, 0.15) is 17.2 Å². The molecule has 2 N–H and O–H groups in total. The molecule has 0 radical (unpaired) electrons. The van der Waals surface area contributed by atoms with Gasteiger partial charge in [0.25, 0.3) is 0 Å². The number of nitrogens with zero attached hydrogens (tertiary/aromatic N) is 2. The molecule has 21 heavy (non-hydrogen) atoms. The summed E-state index contributed by atoms with van der Waals surface area (Å²) in [6.45, 7) is 0. The molecule has 4 heteroatoms. The average Bonchev–Trinajstić information content (AvgIpc) is 2.49. The van der Waals surface area contributed by atoms with Crippen molar-refractivity contribution in [2.24, 2.45) is 10.7 Å². The zero-order chi connectivity index (χ0) is 15.3. The molecule has 0 aliphatic carbocycles. The first-order valence-electron chi connectivity index (χ1n) is 6.74. The quantitative estimate of drug-likeness (QED) is 0.680. The van der Waals surface area contributed by atoms with Crippen LogP contribution in [-0.4, -0.2) is 24.2 Å². The summed E-state index contributed by atoms with van der Waals surface area (Å²) in [5.41, 5.74) is 7.68. The summed E-state index contributed by atoms with van der Waals surface area (Å²) in [5.74, 6) is 0. The summed E-state index contributed by atoms with van der Waals surface area (Å²) in [6, 6.07) is 19.7. The summed E-state index contributed by atoms with van der Waals surface area (Å²) in [4.78, 5) is 6.38. The van der Waals surface area contributed by atoms with Gasteiger partial charge >= 0.3 is 0 Å². The number of hydrogen-bond donors (Lipinski definition) is 1. The minimum atomic E-state index is -0.978. The van der Waals surface area contributed by atoms with Gasteiger partial charge in [0.1, 0.15) is 0 Å². The maximum Gasteiger partial charge on any atom is 0.163 e. The summed E-state index contributed by atoms with van der Waals surface area (Å²) in [7, 11) is 3.97. The third-order valence-electron chi connectivity index (χ3n) is 3.52. The molecule has 0 unspecified atom stereocenters. The van der Waals surface area contributed by atoms with Crippen LogP contribution in [0.25, 0.3) is 0 Å². The van der Waals surface area contributed by atoms with E-state index in [-0.39, 0.29) is 6.04 Å². The zero-order valence-electron chi connectivity index (χ0n) is 12.2. The molecule has 0 saturated carbocycles. The first-order chi connectivity index (χ1) is 10.1. The Kier molecular flexibility index (Phi) is 4.99. The number of aliphatic imine (C=N–C) groups is 1. The van der Waals surface area contributed by atoms with E-state index in [1.807, 2.05) is 74.8 Å². The van der Waals surface area contributed by atoms with Gasteiger partial charge in [-0.2, -0.15) is 0 Å². The van der Waals surface area contributed by atoms with E-state index in [9.17, 15) is 0 Å². The number of likely N-dealkylation sites (N-methyl/N-ethyl adjacent to an activating group) is 1. The third-order valence-corrected chi connectivity index (χ3v) is 3.61. The Bertz CT molecular complexity index is 621. The fourth-order valence-corrected chi connectivity index (χ4v) is 2.80. The van der Waals surface area contributed by atoms with E-state index in [1.54, 1.807) is 0 Å². The monoisotopic (exact) mass is 297 g/mol. The second kappa shape index (κ2) is 6.74. The van der Waals surface area contributed by atoms with Gasteiger partial charge in [-0.3, -0.25) is 4.90 Å². The van der Waals surface area contributed by atoms with Crippen LogP contribution in [0.4, 0.5) is 0 Å². The van der Waals surface area contributed by atoms with Gasteiger partial charge in [-0.05, 0) is 37.4 Å². The second-order valence-electron chi connectivity index (χ2n) is 5.17. The maximum atomic E-state index is 6.67. The lowest BCUT2D eigenvalue weighted by Crippen LogP contribution is -2.46. The van der Waals surface area contributed by atoms with E-state index in [0.717, 1.165) is 11.1 Å². The van der Waals surface area contributed by atoms with Gasteiger partial charge in [0.15, 0.2) is 5.66 Å². The van der Waals surface area contributed by atoms with Gasteiger partial charge in [-0.1, -0.05) is 60.7 Å². The van der Waals surface area contributed by atoms with Crippen molar-refractivity contribution in [2.75, 3.05) is 14.1 Å². The Morgan fingerprint density at radius 1 is 1.05 bits per heavy atom. The Morgan fingerprint density at radius 3 is 2.05 bits per heavy atom. The molecule has 2 rings (SSSR count). The molecule has 0 heterocycles. The molecule has 0 saturated heterocycles. The molecular formula is C17H19N3S. The Hall–Kier alpha value is -1.84. The van der Waals surface area contributed by atoms with Crippen molar-refractivity contribution in [3.05, 3.63) is 71.8 Å². The highest BCUT2D eigenvalue weighted by Crippen LogP contribution is 2.37. The lowest BCUT2D eigenvalue weighted by Gasteiger charge is -2.38. The first kappa shape index (κ1) is 15.5. The Morgan fingerprint density at radius 2 is 1.57 bits per heavy atom. The summed E-state index contributed by atoms with van der Waals surface area (Å²) in [6.07, 6.45) is 0. The van der Waals surface area contributed by atoms with E-state index in [1.165, 1.54) is 0 Å². The normalized spacial score (nSPS) is 15.0. The van der Waals surface area contributed by atoms with Crippen LogP contribution < -0.4 is 5.73 Å². The molecule has 2 aromatic carbocycles. The second-order valence-corrected chi connectivity index (χ2v) is 5.35.